The van der Waals surface area contributed by atoms with Crippen LogP contribution in [0.25, 0.3) is 11.5 Å². The van der Waals surface area contributed by atoms with Crippen LogP contribution >= 0.6 is 0 Å². The molecule has 6 nitrogen and oxygen atoms in total. The molecule has 0 saturated carbocycles. The average molecular weight is 297 g/mol. The van der Waals surface area contributed by atoms with Gasteiger partial charge in [-0.15, -0.1) is 0 Å². The molecule has 3 aromatic heterocycles. The summed E-state index contributed by atoms with van der Waals surface area (Å²) >= 11 is 0. The summed E-state index contributed by atoms with van der Waals surface area (Å²) in [4.78, 5) is 20.4. The van der Waals surface area contributed by atoms with Gasteiger partial charge >= 0.3 is 0 Å². The van der Waals surface area contributed by atoms with Gasteiger partial charge in [0.15, 0.2) is 0 Å². The highest BCUT2D eigenvalue weighted by atomic mass is 16.4. The number of nitrogens with one attached hydrogen (secondary N) is 1. The van der Waals surface area contributed by atoms with E-state index in [0.717, 1.165) is 5.56 Å². The van der Waals surface area contributed by atoms with Crippen molar-refractivity contribution in [2.24, 2.45) is 0 Å². The van der Waals surface area contributed by atoms with Crippen LogP contribution in [0.3, 0.4) is 0 Å². The number of aryl methyl sites for hydroxylation is 1. The maximum Gasteiger partial charge on any atom is 0.228 e. The zero-order chi connectivity index (χ0) is 15.4. The fraction of sp³-hybridized carbons (Fsp3) is 0.188. The van der Waals surface area contributed by atoms with Gasteiger partial charge in [0.25, 0.3) is 0 Å². The number of amides is 1. The number of hydrogen-bond acceptors (Lipinski definition) is 5. The van der Waals surface area contributed by atoms with Crippen LogP contribution in [0, 0.1) is 6.92 Å². The van der Waals surface area contributed by atoms with E-state index in [0.29, 0.717) is 29.6 Å². The molecule has 3 aromatic rings. The molecule has 0 aliphatic carbocycles. The number of rotatable bonds is 5. The molecule has 0 aliphatic rings. The zero-order valence-corrected chi connectivity index (χ0v) is 12.1. The third-order valence-electron chi connectivity index (χ3n) is 3.17. The molecule has 1 N–H and O–H groups in total. The Balaban J connectivity index is 1.65. The third kappa shape index (κ3) is 3.22. The summed E-state index contributed by atoms with van der Waals surface area (Å²) in [5, 5.41) is 2.78. The van der Waals surface area contributed by atoms with Crippen molar-refractivity contribution in [3.05, 3.63) is 60.1 Å². The lowest BCUT2D eigenvalue weighted by Crippen LogP contribution is -2.24. The van der Waals surface area contributed by atoms with Crippen LogP contribution in [0.2, 0.25) is 0 Å². The molecule has 0 bridgehead atoms. The van der Waals surface area contributed by atoms with Crippen molar-refractivity contribution in [3.8, 4) is 11.5 Å². The van der Waals surface area contributed by atoms with Crippen LogP contribution in [-0.2, 0) is 17.8 Å². The zero-order valence-electron chi connectivity index (χ0n) is 12.1. The van der Waals surface area contributed by atoms with Crippen LogP contribution in [-0.4, -0.2) is 15.9 Å². The molecular formula is C16H15N3O3. The molecule has 0 spiro atoms. The lowest BCUT2D eigenvalue weighted by molar-refractivity contribution is -0.120. The largest absolute Gasteiger partial charge is 0.467 e. The highest BCUT2D eigenvalue weighted by Crippen LogP contribution is 2.20. The number of furan rings is 1. The lowest BCUT2D eigenvalue weighted by Gasteiger charge is -2.01. The second-order valence-electron chi connectivity index (χ2n) is 4.80. The molecule has 0 fully saturated rings. The van der Waals surface area contributed by atoms with Crippen molar-refractivity contribution in [1.82, 2.24) is 15.3 Å². The molecule has 112 valence electrons. The normalized spacial score (nSPS) is 10.6. The van der Waals surface area contributed by atoms with Crippen LogP contribution < -0.4 is 5.32 Å². The first-order chi connectivity index (χ1) is 10.7. The maximum atomic E-state index is 12.0. The molecule has 6 heteroatoms. The minimum absolute atomic E-state index is 0.134. The van der Waals surface area contributed by atoms with Gasteiger partial charge in [0.1, 0.15) is 11.5 Å². The number of carbonyl (C=O) groups excluding carboxylic acids is 1. The molecule has 0 unspecified atom stereocenters. The van der Waals surface area contributed by atoms with Crippen LogP contribution in [0.1, 0.15) is 17.2 Å². The van der Waals surface area contributed by atoms with Crippen LogP contribution in [0.15, 0.2) is 51.8 Å². The number of pyridine rings is 1. The van der Waals surface area contributed by atoms with Crippen molar-refractivity contribution in [3.63, 3.8) is 0 Å². The molecular weight excluding hydrogens is 282 g/mol. The standard InChI is InChI=1S/C16H15N3O3/c1-11-14(8-15(20)18-10-13-5-3-7-21-13)19-16(22-11)12-4-2-6-17-9-12/h2-7,9H,8,10H2,1H3,(H,18,20). The molecule has 0 aromatic carbocycles. The third-order valence-corrected chi connectivity index (χ3v) is 3.17. The fourth-order valence-corrected chi connectivity index (χ4v) is 2.02. The van der Waals surface area contributed by atoms with E-state index < -0.39 is 0 Å². The maximum absolute atomic E-state index is 12.0. The SMILES string of the molecule is Cc1oc(-c2cccnc2)nc1CC(=O)NCc1ccco1. The minimum Gasteiger partial charge on any atom is -0.467 e. The summed E-state index contributed by atoms with van der Waals surface area (Å²) in [5.74, 6) is 1.68. The Labute approximate surface area is 127 Å². The Morgan fingerprint density at radius 1 is 1.32 bits per heavy atom. The Hall–Kier alpha value is -2.89. The monoisotopic (exact) mass is 297 g/mol. The number of hydrogen-bond donors (Lipinski definition) is 1. The van der Waals surface area contributed by atoms with Crippen molar-refractivity contribution < 1.29 is 13.6 Å². The first kappa shape index (κ1) is 14.1. The van der Waals surface area contributed by atoms with Crippen LogP contribution in [0.5, 0.6) is 0 Å². The van der Waals surface area contributed by atoms with E-state index in [1.807, 2.05) is 18.2 Å². The Bertz CT molecular complexity index is 748. The molecule has 1 amide bonds. The Morgan fingerprint density at radius 2 is 2.23 bits per heavy atom. The van der Waals surface area contributed by atoms with Crippen molar-refractivity contribution in [1.29, 1.82) is 0 Å². The van der Waals surface area contributed by atoms with Gasteiger partial charge in [-0.05, 0) is 31.2 Å². The number of nitrogens with zero attached hydrogens (tertiary/aromatic N) is 2. The number of carbonyl (C=O) groups is 1. The van der Waals surface area contributed by atoms with Gasteiger partial charge < -0.3 is 14.2 Å². The van der Waals surface area contributed by atoms with Crippen LogP contribution in [0.4, 0.5) is 0 Å². The highest BCUT2D eigenvalue weighted by Gasteiger charge is 2.14. The first-order valence-electron chi connectivity index (χ1n) is 6.88. The topological polar surface area (TPSA) is 81.2 Å². The molecule has 0 atom stereocenters. The van der Waals surface area contributed by atoms with Crippen molar-refractivity contribution >= 4 is 5.91 Å². The first-order valence-corrected chi connectivity index (χ1v) is 6.88. The minimum atomic E-state index is -0.134. The predicted octanol–water partition coefficient (Wildman–Crippen LogP) is 2.50. The van der Waals surface area contributed by atoms with E-state index in [9.17, 15) is 4.79 Å². The Morgan fingerprint density at radius 3 is 2.95 bits per heavy atom. The number of oxazole rings is 1. The molecule has 0 aliphatic heterocycles. The van der Waals surface area contributed by atoms with Gasteiger partial charge in [0.05, 0.1) is 30.5 Å². The van der Waals surface area contributed by atoms with Crippen molar-refractivity contribution in [2.75, 3.05) is 0 Å². The summed E-state index contributed by atoms with van der Waals surface area (Å²) in [6.45, 7) is 2.15. The van der Waals surface area contributed by atoms with Gasteiger partial charge in [-0.25, -0.2) is 4.98 Å². The van der Waals surface area contributed by atoms with E-state index in [1.54, 1.807) is 31.6 Å². The lowest BCUT2D eigenvalue weighted by atomic mass is 10.2. The van der Waals surface area contributed by atoms with E-state index >= 15 is 0 Å². The van der Waals surface area contributed by atoms with Crippen molar-refractivity contribution in [2.45, 2.75) is 19.9 Å². The highest BCUT2D eigenvalue weighted by molar-refractivity contribution is 5.78. The van der Waals surface area contributed by atoms with Gasteiger partial charge in [-0.2, -0.15) is 0 Å². The summed E-state index contributed by atoms with van der Waals surface area (Å²) in [5.41, 5.74) is 1.41. The second kappa shape index (κ2) is 6.26. The van der Waals surface area contributed by atoms with Gasteiger partial charge in [0.2, 0.25) is 11.8 Å². The summed E-state index contributed by atoms with van der Waals surface area (Å²) in [6.07, 6.45) is 5.09. The second-order valence-corrected chi connectivity index (χ2v) is 4.80. The molecule has 3 heterocycles. The molecule has 0 radical (unpaired) electrons. The van der Waals surface area contributed by atoms with Gasteiger partial charge in [-0.3, -0.25) is 9.78 Å². The fourth-order valence-electron chi connectivity index (χ4n) is 2.02. The Kier molecular flexibility index (Phi) is 4.00. The quantitative estimate of drug-likeness (QED) is 0.782. The van der Waals surface area contributed by atoms with Gasteiger partial charge in [-0.1, -0.05) is 0 Å². The summed E-state index contributed by atoms with van der Waals surface area (Å²) in [7, 11) is 0. The summed E-state index contributed by atoms with van der Waals surface area (Å²) < 4.78 is 10.8. The molecule has 3 rings (SSSR count). The van der Waals surface area contributed by atoms with E-state index in [1.165, 1.54) is 0 Å². The predicted molar refractivity (Wildman–Crippen MR) is 78.7 cm³/mol. The van der Waals surface area contributed by atoms with E-state index in [-0.39, 0.29) is 12.3 Å². The number of aromatic nitrogens is 2. The molecule has 0 saturated heterocycles. The average Bonchev–Trinajstić information content (AvgIpc) is 3.17. The van der Waals surface area contributed by atoms with E-state index in [4.69, 9.17) is 8.83 Å². The van der Waals surface area contributed by atoms with Gasteiger partial charge in [0, 0.05) is 12.4 Å². The molecule has 22 heavy (non-hydrogen) atoms. The summed E-state index contributed by atoms with van der Waals surface area (Å²) in [6, 6.07) is 7.26. The van der Waals surface area contributed by atoms with E-state index in [2.05, 4.69) is 15.3 Å². The smallest absolute Gasteiger partial charge is 0.228 e.